The number of hydrogen-bond acceptors (Lipinski definition) is 3. The lowest BCUT2D eigenvalue weighted by Crippen LogP contribution is -2.41. The Bertz CT molecular complexity index is 317. The Morgan fingerprint density at radius 3 is 2.76 bits per heavy atom. The number of nitrogens with zero attached hydrogens (tertiary/aromatic N) is 1. The largest absolute Gasteiger partial charge is 0.468 e. The summed E-state index contributed by atoms with van der Waals surface area (Å²) in [7, 11) is 0. The molecule has 0 saturated heterocycles. The van der Waals surface area contributed by atoms with E-state index in [-0.39, 0.29) is 12.1 Å². The van der Waals surface area contributed by atoms with Crippen LogP contribution in [0.2, 0.25) is 0 Å². The molecule has 0 radical (unpaired) electrons. The highest BCUT2D eigenvalue weighted by atomic mass is 16.3. The summed E-state index contributed by atoms with van der Waals surface area (Å²) in [6.45, 7) is 5.45. The summed E-state index contributed by atoms with van der Waals surface area (Å²) in [4.78, 5) is 2.55. The van der Waals surface area contributed by atoms with Gasteiger partial charge in [0.05, 0.1) is 12.3 Å². The standard InChI is InChI=1S/C14H24N2O/c1-3-4-9-16(12-7-8-12)14(11(2)15)13-6-5-10-17-13/h5-6,10-12,14H,3-4,7-9,15H2,1-2H3. The van der Waals surface area contributed by atoms with E-state index in [0.717, 1.165) is 18.3 Å². The zero-order valence-corrected chi connectivity index (χ0v) is 10.9. The molecule has 1 aliphatic carbocycles. The van der Waals surface area contributed by atoms with Gasteiger partial charge in [0, 0.05) is 12.1 Å². The minimum absolute atomic E-state index is 0.110. The van der Waals surface area contributed by atoms with E-state index in [2.05, 4.69) is 24.8 Å². The van der Waals surface area contributed by atoms with Crippen LogP contribution in [0, 0.1) is 0 Å². The molecule has 96 valence electrons. The zero-order valence-electron chi connectivity index (χ0n) is 10.9. The van der Waals surface area contributed by atoms with Gasteiger partial charge in [-0.25, -0.2) is 0 Å². The van der Waals surface area contributed by atoms with Crippen LogP contribution in [-0.2, 0) is 0 Å². The molecule has 0 bridgehead atoms. The smallest absolute Gasteiger partial charge is 0.122 e. The summed E-state index contributed by atoms with van der Waals surface area (Å²) in [5.74, 6) is 1.02. The summed E-state index contributed by atoms with van der Waals surface area (Å²) < 4.78 is 5.57. The lowest BCUT2D eigenvalue weighted by atomic mass is 10.1. The molecule has 1 fully saturated rings. The predicted octanol–water partition coefficient (Wildman–Crippen LogP) is 2.93. The van der Waals surface area contributed by atoms with Crippen molar-refractivity contribution in [3.63, 3.8) is 0 Å². The molecule has 2 atom stereocenters. The second-order valence-electron chi connectivity index (χ2n) is 5.14. The van der Waals surface area contributed by atoms with Gasteiger partial charge >= 0.3 is 0 Å². The highest BCUT2D eigenvalue weighted by Gasteiger charge is 2.36. The first-order valence-corrected chi connectivity index (χ1v) is 6.78. The van der Waals surface area contributed by atoms with Gasteiger partial charge in [0.15, 0.2) is 0 Å². The summed E-state index contributed by atoms with van der Waals surface area (Å²) in [5.41, 5.74) is 6.16. The molecule has 2 unspecified atom stereocenters. The van der Waals surface area contributed by atoms with Crippen LogP contribution in [0.4, 0.5) is 0 Å². The van der Waals surface area contributed by atoms with Gasteiger partial charge in [0.1, 0.15) is 5.76 Å². The van der Waals surface area contributed by atoms with Crippen molar-refractivity contribution >= 4 is 0 Å². The van der Waals surface area contributed by atoms with E-state index in [1.165, 1.54) is 25.7 Å². The highest BCUT2D eigenvalue weighted by molar-refractivity contribution is 5.09. The number of unbranched alkanes of at least 4 members (excludes halogenated alkanes) is 1. The van der Waals surface area contributed by atoms with Gasteiger partial charge in [-0.05, 0) is 44.9 Å². The molecule has 2 N–H and O–H groups in total. The molecule has 1 aromatic rings. The van der Waals surface area contributed by atoms with Crippen molar-refractivity contribution in [1.29, 1.82) is 0 Å². The molecule has 1 saturated carbocycles. The van der Waals surface area contributed by atoms with Crippen molar-refractivity contribution in [2.45, 2.75) is 57.7 Å². The maximum atomic E-state index is 6.16. The highest BCUT2D eigenvalue weighted by Crippen LogP contribution is 2.36. The molecule has 0 aliphatic heterocycles. The molecule has 3 nitrogen and oxygen atoms in total. The third-order valence-corrected chi connectivity index (χ3v) is 3.48. The first kappa shape index (κ1) is 12.7. The van der Waals surface area contributed by atoms with Crippen LogP contribution >= 0.6 is 0 Å². The summed E-state index contributed by atoms with van der Waals surface area (Å²) >= 11 is 0. The molecular weight excluding hydrogens is 212 g/mol. The van der Waals surface area contributed by atoms with Gasteiger partial charge in [-0.3, -0.25) is 4.90 Å². The van der Waals surface area contributed by atoms with Crippen LogP contribution in [0.3, 0.4) is 0 Å². The van der Waals surface area contributed by atoms with E-state index in [0.29, 0.717) is 0 Å². The average molecular weight is 236 g/mol. The molecule has 2 rings (SSSR count). The van der Waals surface area contributed by atoms with Crippen molar-refractivity contribution in [2.75, 3.05) is 6.54 Å². The quantitative estimate of drug-likeness (QED) is 0.791. The summed E-state index contributed by atoms with van der Waals surface area (Å²) in [5, 5.41) is 0. The van der Waals surface area contributed by atoms with Crippen LogP contribution in [-0.4, -0.2) is 23.5 Å². The SMILES string of the molecule is CCCCN(C1CC1)C(c1ccco1)C(C)N. The molecule has 0 aromatic carbocycles. The fourth-order valence-electron chi connectivity index (χ4n) is 2.48. The van der Waals surface area contributed by atoms with Crippen LogP contribution in [0.15, 0.2) is 22.8 Å². The second kappa shape index (κ2) is 5.69. The number of hydrogen-bond donors (Lipinski definition) is 1. The Morgan fingerprint density at radius 2 is 2.29 bits per heavy atom. The molecule has 0 amide bonds. The molecule has 3 heteroatoms. The lowest BCUT2D eigenvalue weighted by molar-refractivity contribution is 0.143. The maximum Gasteiger partial charge on any atom is 0.122 e. The third kappa shape index (κ3) is 3.11. The van der Waals surface area contributed by atoms with Gasteiger partial charge < -0.3 is 10.2 Å². The van der Waals surface area contributed by atoms with E-state index < -0.39 is 0 Å². The van der Waals surface area contributed by atoms with Gasteiger partial charge in [-0.2, -0.15) is 0 Å². The van der Waals surface area contributed by atoms with E-state index in [1.807, 2.05) is 6.07 Å². The van der Waals surface area contributed by atoms with E-state index in [9.17, 15) is 0 Å². The van der Waals surface area contributed by atoms with Crippen molar-refractivity contribution in [3.05, 3.63) is 24.2 Å². The normalized spacial score (nSPS) is 19.5. The Hall–Kier alpha value is -0.800. The van der Waals surface area contributed by atoms with Gasteiger partial charge in [-0.1, -0.05) is 13.3 Å². The summed E-state index contributed by atoms with van der Waals surface area (Å²) in [6, 6.07) is 5.08. The Morgan fingerprint density at radius 1 is 1.53 bits per heavy atom. The predicted molar refractivity (Wildman–Crippen MR) is 69.7 cm³/mol. The Kier molecular flexibility index (Phi) is 4.24. The van der Waals surface area contributed by atoms with Crippen molar-refractivity contribution in [1.82, 2.24) is 4.90 Å². The van der Waals surface area contributed by atoms with Gasteiger partial charge in [-0.15, -0.1) is 0 Å². The van der Waals surface area contributed by atoms with E-state index >= 15 is 0 Å². The number of furan rings is 1. The molecule has 1 heterocycles. The molecule has 1 aromatic heterocycles. The number of nitrogens with two attached hydrogens (primary N) is 1. The van der Waals surface area contributed by atoms with Crippen LogP contribution in [0.1, 0.15) is 51.3 Å². The van der Waals surface area contributed by atoms with Crippen LogP contribution < -0.4 is 5.73 Å². The topological polar surface area (TPSA) is 42.4 Å². The minimum atomic E-state index is 0.110. The average Bonchev–Trinajstić information content (AvgIpc) is 3.00. The Labute approximate surface area is 104 Å². The fraction of sp³-hybridized carbons (Fsp3) is 0.714. The summed E-state index contributed by atoms with van der Waals surface area (Å²) in [6.07, 6.45) is 6.84. The second-order valence-corrected chi connectivity index (χ2v) is 5.14. The van der Waals surface area contributed by atoms with Crippen LogP contribution in [0.25, 0.3) is 0 Å². The monoisotopic (exact) mass is 236 g/mol. The van der Waals surface area contributed by atoms with Crippen molar-refractivity contribution < 1.29 is 4.42 Å². The van der Waals surface area contributed by atoms with Crippen molar-refractivity contribution in [2.24, 2.45) is 5.73 Å². The van der Waals surface area contributed by atoms with Gasteiger partial charge in [0.25, 0.3) is 0 Å². The zero-order chi connectivity index (χ0) is 12.3. The molecule has 0 spiro atoms. The molecule has 1 aliphatic rings. The van der Waals surface area contributed by atoms with E-state index in [1.54, 1.807) is 6.26 Å². The fourth-order valence-corrected chi connectivity index (χ4v) is 2.48. The molecular formula is C14H24N2O. The third-order valence-electron chi connectivity index (χ3n) is 3.48. The van der Waals surface area contributed by atoms with Crippen molar-refractivity contribution in [3.8, 4) is 0 Å². The minimum Gasteiger partial charge on any atom is -0.468 e. The first-order chi connectivity index (χ1) is 8.24. The molecule has 17 heavy (non-hydrogen) atoms. The first-order valence-electron chi connectivity index (χ1n) is 6.78. The maximum absolute atomic E-state index is 6.16. The lowest BCUT2D eigenvalue weighted by Gasteiger charge is -2.33. The van der Waals surface area contributed by atoms with Gasteiger partial charge in [0.2, 0.25) is 0 Å². The Balaban J connectivity index is 2.11. The van der Waals surface area contributed by atoms with E-state index in [4.69, 9.17) is 10.2 Å². The number of rotatable bonds is 7. The van der Waals surface area contributed by atoms with Crippen LogP contribution in [0.5, 0.6) is 0 Å².